The maximum Gasteiger partial charge on any atom is 0.255 e. The fourth-order valence-corrected chi connectivity index (χ4v) is 3.70. The average Bonchev–Trinajstić information content (AvgIpc) is 2.74. The molecule has 1 unspecified atom stereocenters. The first-order valence-electron chi connectivity index (χ1n) is 10.3. The summed E-state index contributed by atoms with van der Waals surface area (Å²) in [6, 6.07) is 12.6. The number of benzene rings is 2. The normalized spacial score (nSPS) is 14.9. The molecule has 1 heterocycles. The number of hydrogen-bond acceptors (Lipinski definition) is 4. The van der Waals surface area contributed by atoms with E-state index in [4.69, 9.17) is 16.3 Å². The van der Waals surface area contributed by atoms with Gasteiger partial charge in [0.05, 0.1) is 22.5 Å². The van der Waals surface area contributed by atoms with Gasteiger partial charge in [0.1, 0.15) is 5.75 Å². The molecule has 160 valence electrons. The van der Waals surface area contributed by atoms with Gasteiger partial charge in [-0.1, -0.05) is 30.7 Å². The molecule has 1 fully saturated rings. The quantitative estimate of drug-likeness (QED) is 0.737. The lowest BCUT2D eigenvalue weighted by molar-refractivity contribution is -0.129. The second-order valence-corrected chi connectivity index (χ2v) is 7.85. The molecule has 1 aliphatic rings. The molecule has 1 atom stereocenters. The Balaban J connectivity index is 1.77. The van der Waals surface area contributed by atoms with E-state index in [1.807, 2.05) is 42.2 Å². The van der Waals surface area contributed by atoms with Crippen LogP contribution >= 0.6 is 11.6 Å². The maximum absolute atomic E-state index is 12.9. The first kappa shape index (κ1) is 22.0. The minimum absolute atomic E-state index is 0.0711. The Bertz CT molecular complexity index is 910. The Morgan fingerprint density at radius 3 is 2.50 bits per heavy atom. The van der Waals surface area contributed by atoms with E-state index in [0.29, 0.717) is 48.2 Å². The molecule has 1 aliphatic heterocycles. The minimum Gasteiger partial charge on any atom is -0.491 e. The molecule has 3 rings (SSSR count). The van der Waals surface area contributed by atoms with Crippen molar-refractivity contribution in [2.75, 3.05) is 36.4 Å². The Morgan fingerprint density at radius 2 is 1.83 bits per heavy atom. The van der Waals surface area contributed by atoms with Crippen LogP contribution in [0.3, 0.4) is 0 Å². The van der Waals surface area contributed by atoms with Crippen LogP contribution in [0.1, 0.15) is 37.6 Å². The number of piperazine rings is 1. The molecule has 0 radical (unpaired) electrons. The molecule has 6 nitrogen and oxygen atoms in total. The van der Waals surface area contributed by atoms with Crippen LogP contribution in [-0.2, 0) is 4.79 Å². The van der Waals surface area contributed by atoms with Crippen LogP contribution in [0, 0.1) is 0 Å². The highest BCUT2D eigenvalue weighted by molar-refractivity contribution is 6.34. The topological polar surface area (TPSA) is 61.9 Å². The lowest BCUT2D eigenvalue weighted by Crippen LogP contribution is -2.48. The number of halogens is 1. The van der Waals surface area contributed by atoms with Crippen molar-refractivity contribution in [2.24, 2.45) is 0 Å². The van der Waals surface area contributed by atoms with Gasteiger partial charge < -0.3 is 19.9 Å². The van der Waals surface area contributed by atoms with Crippen LogP contribution in [0.4, 0.5) is 11.4 Å². The molecular weight excluding hydrogens is 402 g/mol. The summed E-state index contributed by atoms with van der Waals surface area (Å²) in [6.07, 6.45) is 0.968. The predicted octanol–water partition coefficient (Wildman–Crippen LogP) is 4.44. The van der Waals surface area contributed by atoms with E-state index in [9.17, 15) is 9.59 Å². The summed E-state index contributed by atoms with van der Waals surface area (Å²) in [4.78, 5) is 28.5. The zero-order valence-electron chi connectivity index (χ0n) is 17.7. The number of carbonyl (C=O) groups excluding carboxylic acids is 2. The molecule has 0 aliphatic carbocycles. The number of anilines is 2. The number of amides is 2. The number of nitrogens with zero attached hydrogens (tertiary/aromatic N) is 2. The monoisotopic (exact) mass is 429 g/mol. The van der Waals surface area contributed by atoms with E-state index in [0.717, 1.165) is 12.1 Å². The molecule has 0 aromatic heterocycles. The molecule has 0 spiro atoms. The molecule has 30 heavy (non-hydrogen) atoms. The standard InChI is InChI=1S/C23H28ClN3O3/c1-4-16(2)30-19-8-5-7-18(15-19)23(29)25-21-10-6-9-20(24)22(21)27-13-11-26(12-14-27)17(3)28/h5-10,15-16H,4,11-14H2,1-3H3,(H,25,29). The first-order valence-corrected chi connectivity index (χ1v) is 10.6. The third-order valence-electron chi connectivity index (χ3n) is 5.28. The van der Waals surface area contributed by atoms with Crippen LogP contribution in [0.5, 0.6) is 5.75 Å². The molecule has 7 heteroatoms. The van der Waals surface area contributed by atoms with Crippen LogP contribution < -0.4 is 15.0 Å². The number of carbonyl (C=O) groups is 2. The van der Waals surface area contributed by atoms with Gasteiger partial charge in [-0.15, -0.1) is 0 Å². The van der Waals surface area contributed by atoms with Gasteiger partial charge in [-0.3, -0.25) is 9.59 Å². The van der Waals surface area contributed by atoms with Crippen LogP contribution in [0.2, 0.25) is 5.02 Å². The van der Waals surface area contributed by atoms with Crippen molar-refractivity contribution >= 4 is 34.8 Å². The number of hydrogen-bond donors (Lipinski definition) is 1. The molecule has 0 saturated carbocycles. The Labute approximate surface area is 182 Å². The highest BCUT2D eigenvalue weighted by Crippen LogP contribution is 2.35. The summed E-state index contributed by atoms with van der Waals surface area (Å²) in [6.45, 7) is 8.20. The number of nitrogens with one attached hydrogen (secondary N) is 1. The number of para-hydroxylation sites is 1. The lowest BCUT2D eigenvalue weighted by atomic mass is 10.1. The van der Waals surface area contributed by atoms with Crippen molar-refractivity contribution in [2.45, 2.75) is 33.3 Å². The van der Waals surface area contributed by atoms with E-state index in [1.165, 1.54) is 0 Å². The summed E-state index contributed by atoms with van der Waals surface area (Å²) < 4.78 is 5.83. The lowest BCUT2D eigenvalue weighted by Gasteiger charge is -2.37. The molecular formula is C23H28ClN3O3. The summed E-state index contributed by atoms with van der Waals surface area (Å²) in [5, 5.41) is 3.56. The van der Waals surface area contributed by atoms with E-state index in [2.05, 4.69) is 17.1 Å². The summed E-state index contributed by atoms with van der Waals surface area (Å²) in [5.74, 6) is 0.515. The Hall–Kier alpha value is -2.73. The van der Waals surface area contributed by atoms with Crippen molar-refractivity contribution in [1.29, 1.82) is 0 Å². The van der Waals surface area contributed by atoms with E-state index in [-0.39, 0.29) is 17.9 Å². The zero-order chi connectivity index (χ0) is 21.7. The number of rotatable bonds is 6. The van der Waals surface area contributed by atoms with Gasteiger partial charge in [0.2, 0.25) is 5.91 Å². The van der Waals surface area contributed by atoms with Gasteiger partial charge in [-0.25, -0.2) is 0 Å². The van der Waals surface area contributed by atoms with Gasteiger partial charge in [-0.2, -0.15) is 0 Å². The van der Waals surface area contributed by atoms with Crippen molar-refractivity contribution in [3.05, 3.63) is 53.1 Å². The first-order chi connectivity index (χ1) is 14.4. The Kier molecular flexibility index (Phi) is 7.21. The largest absolute Gasteiger partial charge is 0.491 e. The highest BCUT2D eigenvalue weighted by atomic mass is 35.5. The third kappa shape index (κ3) is 5.25. The average molecular weight is 430 g/mol. The Morgan fingerprint density at radius 1 is 1.13 bits per heavy atom. The van der Waals surface area contributed by atoms with Gasteiger partial charge in [0, 0.05) is 38.7 Å². The van der Waals surface area contributed by atoms with E-state index in [1.54, 1.807) is 19.1 Å². The SMILES string of the molecule is CCC(C)Oc1cccc(C(=O)Nc2cccc(Cl)c2N2CCN(C(C)=O)CC2)c1. The van der Waals surface area contributed by atoms with Crippen LogP contribution in [-0.4, -0.2) is 49.0 Å². The van der Waals surface area contributed by atoms with Gasteiger partial charge in [0.25, 0.3) is 5.91 Å². The molecule has 2 aromatic carbocycles. The van der Waals surface area contributed by atoms with Crippen molar-refractivity contribution in [3.63, 3.8) is 0 Å². The fourth-order valence-electron chi connectivity index (χ4n) is 3.40. The van der Waals surface area contributed by atoms with Crippen molar-refractivity contribution < 1.29 is 14.3 Å². The third-order valence-corrected chi connectivity index (χ3v) is 5.59. The zero-order valence-corrected chi connectivity index (χ0v) is 18.4. The number of ether oxygens (including phenoxy) is 1. The van der Waals surface area contributed by atoms with Crippen molar-refractivity contribution in [1.82, 2.24) is 4.90 Å². The summed E-state index contributed by atoms with van der Waals surface area (Å²) in [7, 11) is 0. The second-order valence-electron chi connectivity index (χ2n) is 7.45. The molecule has 2 aromatic rings. The van der Waals surface area contributed by atoms with E-state index < -0.39 is 0 Å². The van der Waals surface area contributed by atoms with Crippen molar-refractivity contribution in [3.8, 4) is 5.75 Å². The molecule has 0 bridgehead atoms. The van der Waals surface area contributed by atoms with Crippen LogP contribution in [0.15, 0.2) is 42.5 Å². The van der Waals surface area contributed by atoms with Gasteiger partial charge in [0.15, 0.2) is 0 Å². The summed E-state index contributed by atoms with van der Waals surface area (Å²) >= 11 is 6.50. The molecule has 2 amide bonds. The molecule has 1 N–H and O–H groups in total. The van der Waals surface area contributed by atoms with Gasteiger partial charge >= 0.3 is 0 Å². The van der Waals surface area contributed by atoms with E-state index >= 15 is 0 Å². The summed E-state index contributed by atoms with van der Waals surface area (Å²) in [5.41, 5.74) is 1.95. The highest BCUT2D eigenvalue weighted by Gasteiger charge is 2.23. The predicted molar refractivity (Wildman–Crippen MR) is 121 cm³/mol. The molecule has 1 saturated heterocycles. The minimum atomic E-state index is -0.226. The van der Waals surface area contributed by atoms with Crippen LogP contribution in [0.25, 0.3) is 0 Å². The fraction of sp³-hybridized carbons (Fsp3) is 0.391. The maximum atomic E-state index is 12.9. The smallest absolute Gasteiger partial charge is 0.255 e. The second kappa shape index (κ2) is 9.85. The van der Waals surface area contributed by atoms with Gasteiger partial charge in [-0.05, 0) is 43.7 Å².